The van der Waals surface area contributed by atoms with Crippen molar-refractivity contribution in [2.24, 2.45) is 17.8 Å². The minimum atomic E-state index is 0.394. The first-order valence-electron chi connectivity index (χ1n) is 7.98. The molecule has 1 heterocycles. The number of ketones is 1. The fourth-order valence-electron chi connectivity index (χ4n) is 4.75. The molecule has 0 spiro atoms. The van der Waals surface area contributed by atoms with E-state index >= 15 is 0 Å². The van der Waals surface area contributed by atoms with Gasteiger partial charge in [-0.3, -0.25) is 4.79 Å². The van der Waals surface area contributed by atoms with Gasteiger partial charge in [-0.05, 0) is 38.1 Å². The summed E-state index contributed by atoms with van der Waals surface area (Å²) in [6.07, 6.45) is 11.7. The topological polar surface area (TPSA) is 20.3 Å². The second-order valence-corrected chi connectivity index (χ2v) is 6.89. The van der Waals surface area contributed by atoms with E-state index in [-0.39, 0.29) is 0 Å². The van der Waals surface area contributed by atoms with Crippen LogP contribution in [0.25, 0.3) is 0 Å². The average Bonchev–Trinajstić information content (AvgIpc) is 2.69. The SMILES string of the molecule is CN1CC2CCCC(=O)C2C1CC1CCCCC1. The van der Waals surface area contributed by atoms with Crippen molar-refractivity contribution < 1.29 is 4.79 Å². The number of Topliss-reactive ketones (excluding diaryl/α,β-unsaturated/α-hetero) is 1. The van der Waals surface area contributed by atoms with Crippen LogP contribution >= 0.6 is 0 Å². The van der Waals surface area contributed by atoms with Crippen LogP contribution in [-0.4, -0.2) is 30.3 Å². The van der Waals surface area contributed by atoms with Crippen LogP contribution < -0.4 is 0 Å². The highest BCUT2D eigenvalue weighted by molar-refractivity contribution is 5.83. The van der Waals surface area contributed by atoms with Gasteiger partial charge in [-0.1, -0.05) is 32.1 Å². The Morgan fingerprint density at radius 1 is 1.11 bits per heavy atom. The molecular formula is C16H27NO. The first-order chi connectivity index (χ1) is 8.75. The van der Waals surface area contributed by atoms with Crippen LogP contribution in [0.2, 0.25) is 0 Å². The van der Waals surface area contributed by atoms with Crippen molar-refractivity contribution in [1.29, 1.82) is 0 Å². The molecule has 102 valence electrons. The lowest BCUT2D eigenvalue weighted by Crippen LogP contribution is -2.37. The molecule has 3 unspecified atom stereocenters. The summed E-state index contributed by atoms with van der Waals surface area (Å²) in [7, 11) is 2.25. The maximum absolute atomic E-state index is 12.2. The largest absolute Gasteiger partial charge is 0.302 e. The number of carbonyl (C=O) groups is 1. The molecule has 3 aliphatic rings. The normalized spacial score (nSPS) is 38.9. The second-order valence-electron chi connectivity index (χ2n) is 6.89. The van der Waals surface area contributed by atoms with E-state index in [9.17, 15) is 4.79 Å². The highest BCUT2D eigenvalue weighted by Gasteiger charge is 2.45. The number of likely N-dealkylation sites (tertiary alicyclic amines) is 1. The van der Waals surface area contributed by atoms with Gasteiger partial charge in [0.05, 0.1) is 0 Å². The molecule has 0 bridgehead atoms. The monoisotopic (exact) mass is 249 g/mol. The Bertz CT molecular complexity index is 308. The van der Waals surface area contributed by atoms with Crippen LogP contribution in [0, 0.1) is 17.8 Å². The number of rotatable bonds is 2. The predicted octanol–water partition coefficient (Wildman–Crippen LogP) is 3.26. The molecule has 2 heteroatoms. The Balaban J connectivity index is 1.67. The Morgan fingerprint density at radius 2 is 1.89 bits per heavy atom. The smallest absolute Gasteiger partial charge is 0.137 e. The van der Waals surface area contributed by atoms with E-state index in [1.807, 2.05) is 0 Å². The van der Waals surface area contributed by atoms with E-state index < -0.39 is 0 Å². The molecule has 0 N–H and O–H groups in total. The molecule has 0 aromatic rings. The van der Waals surface area contributed by atoms with Crippen molar-refractivity contribution >= 4 is 5.78 Å². The van der Waals surface area contributed by atoms with Crippen LogP contribution in [0.5, 0.6) is 0 Å². The fraction of sp³-hybridized carbons (Fsp3) is 0.938. The maximum Gasteiger partial charge on any atom is 0.137 e. The molecule has 3 atom stereocenters. The minimum absolute atomic E-state index is 0.394. The second kappa shape index (κ2) is 5.32. The number of hydrogen-bond acceptors (Lipinski definition) is 2. The van der Waals surface area contributed by atoms with Gasteiger partial charge < -0.3 is 4.90 Å². The van der Waals surface area contributed by atoms with Gasteiger partial charge in [0.1, 0.15) is 5.78 Å². The summed E-state index contributed by atoms with van der Waals surface area (Å²) in [5.41, 5.74) is 0. The third-order valence-corrected chi connectivity index (χ3v) is 5.68. The summed E-state index contributed by atoms with van der Waals surface area (Å²) in [4.78, 5) is 14.8. The minimum Gasteiger partial charge on any atom is -0.302 e. The zero-order chi connectivity index (χ0) is 12.5. The molecule has 3 rings (SSSR count). The highest BCUT2D eigenvalue weighted by Crippen LogP contribution is 2.41. The van der Waals surface area contributed by atoms with Crippen LogP contribution in [0.15, 0.2) is 0 Å². The number of nitrogens with zero attached hydrogens (tertiary/aromatic N) is 1. The molecule has 1 aliphatic heterocycles. The van der Waals surface area contributed by atoms with E-state index in [0.717, 1.165) is 18.8 Å². The molecule has 2 saturated carbocycles. The molecule has 1 saturated heterocycles. The van der Waals surface area contributed by atoms with Crippen LogP contribution in [-0.2, 0) is 4.79 Å². The van der Waals surface area contributed by atoms with Gasteiger partial charge in [-0.25, -0.2) is 0 Å². The van der Waals surface area contributed by atoms with Crippen molar-refractivity contribution in [2.45, 2.75) is 63.8 Å². The molecule has 0 radical (unpaired) electrons. The summed E-state index contributed by atoms with van der Waals surface area (Å²) in [5.74, 6) is 2.56. The van der Waals surface area contributed by atoms with E-state index in [2.05, 4.69) is 11.9 Å². The average molecular weight is 249 g/mol. The standard InChI is InChI=1S/C16H27NO/c1-17-11-13-8-5-9-15(18)16(13)14(17)10-12-6-3-2-4-7-12/h12-14,16H,2-11H2,1H3. The van der Waals surface area contributed by atoms with Gasteiger partial charge in [-0.2, -0.15) is 0 Å². The summed E-state index contributed by atoms with van der Waals surface area (Å²) < 4.78 is 0. The Hall–Kier alpha value is -0.370. The maximum atomic E-state index is 12.2. The summed E-state index contributed by atoms with van der Waals surface area (Å²) in [6.45, 7) is 1.17. The van der Waals surface area contributed by atoms with E-state index in [1.165, 1.54) is 51.5 Å². The summed E-state index contributed by atoms with van der Waals surface area (Å²) in [5, 5.41) is 0. The first kappa shape index (κ1) is 12.7. The number of hydrogen-bond donors (Lipinski definition) is 0. The molecule has 2 nitrogen and oxygen atoms in total. The van der Waals surface area contributed by atoms with Crippen LogP contribution in [0.3, 0.4) is 0 Å². The van der Waals surface area contributed by atoms with Gasteiger partial charge in [-0.15, -0.1) is 0 Å². The molecule has 2 aliphatic carbocycles. The molecule has 0 aromatic carbocycles. The van der Waals surface area contributed by atoms with E-state index in [1.54, 1.807) is 0 Å². The van der Waals surface area contributed by atoms with Gasteiger partial charge >= 0.3 is 0 Å². The van der Waals surface area contributed by atoms with Gasteiger partial charge in [0.25, 0.3) is 0 Å². The third-order valence-electron chi connectivity index (χ3n) is 5.68. The molecule has 18 heavy (non-hydrogen) atoms. The van der Waals surface area contributed by atoms with Crippen LogP contribution in [0.4, 0.5) is 0 Å². The molecule has 0 amide bonds. The summed E-state index contributed by atoms with van der Waals surface area (Å²) >= 11 is 0. The van der Waals surface area contributed by atoms with Crippen molar-refractivity contribution in [3.8, 4) is 0 Å². The van der Waals surface area contributed by atoms with Crippen molar-refractivity contribution in [3.05, 3.63) is 0 Å². The Labute approximate surface area is 111 Å². The van der Waals surface area contributed by atoms with Crippen molar-refractivity contribution in [1.82, 2.24) is 4.90 Å². The van der Waals surface area contributed by atoms with Gasteiger partial charge in [0.15, 0.2) is 0 Å². The highest BCUT2D eigenvalue weighted by atomic mass is 16.1. The lowest BCUT2D eigenvalue weighted by atomic mass is 9.74. The lowest BCUT2D eigenvalue weighted by Gasteiger charge is -2.32. The van der Waals surface area contributed by atoms with Crippen LogP contribution in [0.1, 0.15) is 57.8 Å². The zero-order valence-electron chi connectivity index (χ0n) is 11.7. The van der Waals surface area contributed by atoms with Crippen molar-refractivity contribution in [2.75, 3.05) is 13.6 Å². The third kappa shape index (κ3) is 2.36. The van der Waals surface area contributed by atoms with E-state index in [0.29, 0.717) is 23.7 Å². The lowest BCUT2D eigenvalue weighted by molar-refractivity contribution is -0.126. The molecular weight excluding hydrogens is 222 g/mol. The number of fused-ring (bicyclic) bond motifs is 1. The Morgan fingerprint density at radius 3 is 2.67 bits per heavy atom. The Kier molecular flexibility index (Phi) is 3.74. The molecule has 3 fully saturated rings. The zero-order valence-corrected chi connectivity index (χ0v) is 11.7. The van der Waals surface area contributed by atoms with E-state index in [4.69, 9.17) is 0 Å². The van der Waals surface area contributed by atoms with Crippen molar-refractivity contribution in [3.63, 3.8) is 0 Å². The summed E-state index contributed by atoms with van der Waals surface area (Å²) in [6, 6.07) is 0.575. The number of carbonyl (C=O) groups excluding carboxylic acids is 1. The quantitative estimate of drug-likeness (QED) is 0.748. The molecule has 0 aromatic heterocycles. The fourth-order valence-corrected chi connectivity index (χ4v) is 4.75. The predicted molar refractivity (Wildman–Crippen MR) is 73.4 cm³/mol. The first-order valence-corrected chi connectivity index (χ1v) is 7.98. The van der Waals surface area contributed by atoms with Gasteiger partial charge in [0, 0.05) is 24.9 Å². The van der Waals surface area contributed by atoms with Gasteiger partial charge in [0.2, 0.25) is 0 Å².